The molecule has 0 unspecified atom stereocenters. The molecule has 168 valence electrons. The number of hydrogen-bond acceptors (Lipinski definition) is 4. The van der Waals surface area contributed by atoms with Gasteiger partial charge < -0.3 is 9.47 Å². The Bertz CT molecular complexity index is 1280. The van der Waals surface area contributed by atoms with Gasteiger partial charge in [0.05, 0.1) is 28.6 Å². The SMILES string of the molecule is COc1cc(/C=C2/C(=O)N(c3ccccc3)N=C2C)cc(Br)c1OCc1ccc(Cl)cc1Cl. The molecule has 3 aromatic carbocycles. The first-order valence-electron chi connectivity index (χ1n) is 9.98. The largest absolute Gasteiger partial charge is 0.493 e. The number of para-hydroxylation sites is 1. The van der Waals surface area contributed by atoms with E-state index in [4.69, 9.17) is 32.7 Å². The van der Waals surface area contributed by atoms with E-state index in [-0.39, 0.29) is 12.5 Å². The van der Waals surface area contributed by atoms with Crippen LogP contribution in [0.1, 0.15) is 18.1 Å². The van der Waals surface area contributed by atoms with Crippen molar-refractivity contribution in [3.8, 4) is 11.5 Å². The van der Waals surface area contributed by atoms with Crippen molar-refractivity contribution in [3.63, 3.8) is 0 Å². The lowest BCUT2D eigenvalue weighted by atomic mass is 10.1. The number of halogens is 3. The normalized spacial score (nSPS) is 14.6. The number of carbonyl (C=O) groups excluding carboxylic acids is 1. The molecule has 0 fully saturated rings. The van der Waals surface area contributed by atoms with Gasteiger partial charge in [-0.15, -0.1) is 0 Å². The summed E-state index contributed by atoms with van der Waals surface area (Å²) in [5, 5.41) is 6.91. The molecule has 0 saturated carbocycles. The minimum absolute atomic E-state index is 0.188. The van der Waals surface area contributed by atoms with Crippen LogP contribution in [0.3, 0.4) is 0 Å². The van der Waals surface area contributed by atoms with E-state index < -0.39 is 0 Å². The fourth-order valence-corrected chi connectivity index (χ4v) is 4.38. The average molecular weight is 546 g/mol. The summed E-state index contributed by atoms with van der Waals surface area (Å²) >= 11 is 15.8. The first-order valence-corrected chi connectivity index (χ1v) is 11.5. The Labute approximate surface area is 210 Å². The van der Waals surface area contributed by atoms with Crippen molar-refractivity contribution in [1.29, 1.82) is 0 Å². The lowest BCUT2D eigenvalue weighted by Gasteiger charge is -2.15. The molecule has 1 amide bonds. The van der Waals surface area contributed by atoms with Gasteiger partial charge in [0.15, 0.2) is 11.5 Å². The van der Waals surface area contributed by atoms with Crippen LogP contribution in [0, 0.1) is 0 Å². The number of benzene rings is 3. The third-order valence-corrected chi connectivity index (χ3v) is 6.19. The first-order chi connectivity index (χ1) is 15.9. The third-order valence-electron chi connectivity index (χ3n) is 5.01. The van der Waals surface area contributed by atoms with Gasteiger partial charge in [-0.3, -0.25) is 4.79 Å². The number of carbonyl (C=O) groups is 1. The minimum Gasteiger partial charge on any atom is -0.493 e. The van der Waals surface area contributed by atoms with Gasteiger partial charge in [-0.2, -0.15) is 10.1 Å². The Hall–Kier alpha value is -2.80. The van der Waals surface area contributed by atoms with Crippen LogP contribution in [-0.4, -0.2) is 18.7 Å². The fraction of sp³-hybridized carbons (Fsp3) is 0.120. The van der Waals surface area contributed by atoms with Crippen molar-refractivity contribution in [2.75, 3.05) is 12.1 Å². The number of amides is 1. The van der Waals surface area contributed by atoms with Gasteiger partial charge in [0, 0.05) is 15.6 Å². The highest BCUT2D eigenvalue weighted by Gasteiger charge is 2.28. The summed E-state index contributed by atoms with van der Waals surface area (Å²) in [7, 11) is 1.56. The average Bonchev–Trinajstić information content (AvgIpc) is 3.08. The smallest absolute Gasteiger partial charge is 0.280 e. The van der Waals surface area contributed by atoms with Gasteiger partial charge in [0.2, 0.25) is 0 Å². The molecule has 1 aliphatic rings. The molecule has 0 bridgehead atoms. The number of nitrogens with zero attached hydrogens (tertiary/aromatic N) is 2. The number of anilines is 1. The van der Waals surface area contributed by atoms with Gasteiger partial charge in [-0.25, -0.2) is 0 Å². The Kier molecular flexibility index (Phi) is 7.08. The second kappa shape index (κ2) is 10.00. The molecule has 1 aliphatic heterocycles. The number of rotatable bonds is 6. The highest BCUT2D eigenvalue weighted by Crippen LogP contribution is 2.38. The zero-order chi connectivity index (χ0) is 23.5. The fourth-order valence-electron chi connectivity index (χ4n) is 3.35. The van der Waals surface area contributed by atoms with Crippen molar-refractivity contribution in [1.82, 2.24) is 0 Å². The van der Waals surface area contributed by atoms with Gasteiger partial charge >= 0.3 is 0 Å². The van der Waals surface area contributed by atoms with Crippen molar-refractivity contribution in [2.45, 2.75) is 13.5 Å². The van der Waals surface area contributed by atoms with Gasteiger partial charge in [0.25, 0.3) is 5.91 Å². The third kappa shape index (κ3) is 5.08. The Morgan fingerprint density at radius 2 is 1.85 bits per heavy atom. The molecule has 5 nitrogen and oxygen atoms in total. The molecule has 1 heterocycles. The van der Waals surface area contributed by atoms with Crippen LogP contribution in [0.5, 0.6) is 11.5 Å². The summed E-state index contributed by atoms with van der Waals surface area (Å²) in [5.74, 6) is 0.854. The van der Waals surface area contributed by atoms with Crippen LogP contribution in [0.25, 0.3) is 6.08 Å². The lowest BCUT2D eigenvalue weighted by Crippen LogP contribution is -2.21. The maximum absolute atomic E-state index is 13.0. The molecule has 0 aliphatic carbocycles. The predicted octanol–water partition coefficient (Wildman–Crippen LogP) is 7.15. The highest BCUT2D eigenvalue weighted by atomic mass is 79.9. The molecule has 0 N–H and O–H groups in total. The van der Waals surface area contributed by atoms with Gasteiger partial charge in [-0.05, 0) is 70.9 Å². The summed E-state index contributed by atoms with van der Waals surface area (Å²) in [6.45, 7) is 2.05. The highest BCUT2D eigenvalue weighted by molar-refractivity contribution is 9.10. The lowest BCUT2D eigenvalue weighted by molar-refractivity contribution is -0.114. The van der Waals surface area contributed by atoms with Crippen LogP contribution in [0.15, 0.2) is 75.8 Å². The molecule has 0 saturated heterocycles. The zero-order valence-electron chi connectivity index (χ0n) is 17.8. The summed E-state index contributed by atoms with van der Waals surface area (Å²) in [5.41, 5.74) is 3.42. The van der Waals surface area contributed by atoms with Crippen LogP contribution in [0.4, 0.5) is 5.69 Å². The molecule has 33 heavy (non-hydrogen) atoms. The number of hydrazone groups is 1. The van der Waals surface area contributed by atoms with E-state index >= 15 is 0 Å². The maximum Gasteiger partial charge on any atom is 0.280 e. The molecule has 0 atom stereocenters. The number of methoxy groups -OCH3 is 1. The Balaban J connectivity index is 1.59. The second-order valence-electron chi connectivity index (χ2n) is 7.25. The van der Waals surface area contributed by atoms with E-state index in [1.165, 1.54) is 5.01 Å². The van der Waals surface area contributed by atoms with Crippen molar-refractivity contribution < 1.29 is 14.3 Å². The van der Waals surface area contributed by atoms with Crippen LogP contribution in [-0.2, 0) is 11.4 Å². The van der Waals surface area contributed by atoms with E-state index in [0.29, 0.717) is 43.0 Å². The van der Waals surface area contributed by atoms with Gasteiger partial charge in [-0.1, -0.05) is 47.5 Å². The van der Waals surface area contributed by atoms with Crippen molar-refractivity contribution in [3.05, 3.63) is 91.9 Å². The second-order valence-corrected chi connectivity index (χ2v) is 8.95. The van der Waals surface area contributed by atoms with E-state index in [9.17, 15) is 4.79 Å². The molecule has 0 radical (unpaired) electrons. The van der Waals surface area contributed by atoms with Gasteiger partial charge in [0.1, 0.15) is 6.61 Å². The van der Waals surface area contributed by atoms with Crippen LogP contribution in [0.2, 0.25) is 10.0 Å². The van der Waals surface area contributed by atoms with E-state index in [1.54, 1.807) is 25.3 Å². The van der Waals surface area contributed by atoms with Crippen molar-refractivity contribution in [2.24, 2.45) is 5.10 Å². The standard InChI is InChI=1S/C25H19BrCl2N2O3/c1-15-20(25(31)30(29-15)19-6-4-3-5-7-19)10-16-11-21(26)24(23(12-16)32-2)33-14-17-8-9-18(27)13-22(17)28/h3-13H,14H2,1-2H3/b20-10+. The quantitative estimate of drug-likeness (QED) is 0.309. The topological polar surface area (TPSA) is 51.1 Å². The summed E-state index contributed by atoms with van der Waals surface area (Å²) < 4.78 is 12.2. The summed E-state index contributed by atoms with van der Waals surface area (Å²) in [4.78, 5) is 13.0. The van der Waals surface area contributed by atoms with Crippen LogP contribution < -0.4 is 14.5 Å². The number of ether oxygens (including phenoxy) is 2. The molecular weight excluding hydrogens is 527 g/mol. The molecule has 0 aromatic heterocycles. The zero-order valence-corrected chi connectivity index (χ0v) is 20.9. The van der Waals surface area contributed by atoms with E-state index in [1.807, 2.05) is 55.5 Å². The van der Waals surface area contributed by atoms with E-state index in [0.717, 1.165) is 11.1 Å². The molecule has 4 rings (SSSR count). The number of hydrogen-bond donors (Lipinski definition) is 0. The monoisotopic (exact) mass is 544 g/mol. The summed E-state index contributed by atoms with van der Waals surface area (Å²) in [6, 6.07) is 18.2. The Morgan fingerprint density at radius 3 is 2.55 bits per heavy atom. The maximum atomic E-state index is 13.0. The van der Waals surface area contributed by atoms with Crippen molar-refractivity contribution >= 4 is 62.5 Å². The van der Waals surface area contributed by atoms with Crippen LogP contribution >= 0.6 is 39.1 Å². The molecule has 8 heteroatoms. The molecule has 0 spiro atoms. The minimum atomic E-state index is -0.188. The molecule has 3 aromatic rings. The van der Waals surface area contributed by atoms with E-state index in [2.05, 4.69) is 21.0 Å². The summed E-state index contributed by atoms with van der Waals surface area (Å²) in [6.07, 6.45) is 1.79. The first kappa shape index (κ1) is 23.4. The molecular formula is C25H19BrCl2N2O3. The Morgan fingerprint density at radius 1 is 1.09 bits per heavy atom. The predicted molar refractivity (Wildman–Crippen MR) is 137 cm³/mol.